The molecule has 2 saturated carbocycles. The zero-order valence-corrected chi connectivity index (χ0v) is 30.0. The first-order chi connectivity index (χ1) is 24.3. The highest BCUT2D eigenvalue weighted by Gasteiger charge is 2.68. The molecule has 3 fully saturated rings. The van der Waals surface area contributed by atoms with Crippen LogP contribution in [0.15, 0.2) is 88.9 Å². The van der Waals surface area contributed by atoms with Gasteiger partial charge < -0.3 is 14.6 Å². The molecule has 5 heteroatoms. The van der Waals surface area contributed by atoms with E-state index in [9.17, 15) is 14.7 Å². The van der Waals surface area contributed by atoms with Crippen molar-refractivity contribution in [1.82, 2.24) is 0 Å². The van der Waals surface area contributed by atoms with Crippen LogP contribution in [0, 0.1) is 40.9 Å². The van der Waals surface area contributed by atoms with E-state index in [1.54, 1.807) is 6.07 Å². The van der Waals surface area contributed by atoms with Crippen LogP contribution >= 0.6 is 0 Å². The second-order valence-corrected chi connectivity index (χ2v) is 16.3. The maximum absolute atomic E-state index is 14.5. The van der Waals surface area contributed by atoms with Crippen LogP contribution in [-0.4, -0.2) is 17.0 Å². The average Bonchev–Trinajstić information content (AvgIpc) is 3.83. The number of carbonyl (C=O) groups is 2. The van der Waals surface area contributed by atoms with Crippen LogP contribution in [0.1, 0.15) is 110 Å². The average molecular weight is 673 g/mol. The second-order valence-electron chi connectivity index (χ2n) is 16.3. The van der Waals surface area contributed by atoms with Crippen LogP contribution in [0.3, 0.4) is 0 Å². The van der Waals surface area contributed by atoms with Crippen molar-refractivity contribution in [1.29, 1.82) is 0 Å². The first-order valence-electron chi connectivity index (χ1n) is 19.5. The van der Waals surface area contributed by atoms with E-state index in [0.29, 0.717) is 11.5 Å². The van der Waals surface area contributed by atoms with Crippen molar-refractivity contribution in [3.63, 3.8) is 0 Å². The third kappa shape index (κ3) is 5.51. The third-order valence-electron chi connectivity index (χ3n) is 13.1. The Kier molecular flexibility index (Phi) is 8.89. The standard InChI is InChI=1S/C45H52O5/c1-4-28(18-17-27(2)3)25-38-45-24-23-33(34-21-22-35-37(49-43(47)40(35)41(34)45)16-10-13-29-11-8-9-12-29)39(42(45)44(48)50-38)36-26-31(46)19-20-32(36)30-14-6-5-7-15-30/h5-7,14-16,19-20,25-29,33-34,41,46H,4,8-13,17-18,21-24H2,1-3H3. The molecular formula is C45H52O5. The number of rotatable bonds is 10. The Morgan fingerprint density at radius 2 is 1.72 bits per heavy atom. The van der Waals surface area contributed by atoms with Crippen LogP contribution < -0.4 is 0 Å². The van der Waals surface area contributed by atoms with Gasteiger partial charge in [0.15, 0.2) is 0 Å². The molecule has 0 amide bonds. The Labute approximate surface area is 297 Å². The molecule has 9 rings (SSSR count). The van der Waals surface area contributed by atoms with E-state index in [4.69, 9.17) is 9.47 Å². The van der Waals surface area contributed by atoms with E-state index in [-0.39, 0.29) is 41.4 Å². The maximum Gasteiger partial charge on any atom is 0.340 e. The fourth-order valence-corrected chi connectivity index (χ4v) is 10.8. The van der Waals surface area contributed by atoms with Gasteiger partial charge in [-0.15, -0.1) is 0 Å². The molecule has 2 heterocycles. The first-order valence-corrected chi connectivity index (χ1v) is 19.5. The lowest BCUT2D eigenvalue weighted by Crippen LogP contribution is -2.52. The minimum Gasteiger partial charge on any atom is -0.508 e. The van der Waals surface area contributed by atoms with Gasteiger partial charge in [-0.05, 0) is 128 Å². The summed E-state index contributed by atoms with van der Waals surface area (Å²) in [4.78, 5) is 28.6. The Bertz CT molecular complexity index is 1800. The second kappa shape index (κ2) is 13.4. The summed E-state index contributed by atoms with van der Waals surface area (Å²) in [6, 6.07) is 15.8. The van der Waals surface area contributed by atoms with Crippen molar-refractivity contribution in [2.75, 3.05) is 0 Å². The lowest BCUT2D eigenvalue weighted by Gasteiger charge is -2.56. The van der Waals surface area contributed by atoms with E-state index in [2.05, 4.69) is 45.1 Å². The summed E-state index contributed by atoms with van der Waals surface area (Å²) in [6.07, 6.45) is 18.3. The zero-order valence-electron chi connectivity index (χ0n) is 30.0. The third-order valence-corrected chi connectivity index (χ3v) is 13.1. The molecule has 1 saturated heterocycles. The predicted molar refractivity (Wildman–Crippen MR) is 196 cm³/mol. The van der Waals surface area contributed by atoms with E-state index >= 15 is 0 Å². The predicted octanol–water partition coefficient (Wildman–Crippen LogP) is 10.9. The molecule has 5 unspecified atom stereocenters. The molecule has 1 N–H and O–H groups in total. The van der Waals surface area contributed by atoms with Crippen molar-refractivity contribution >= 4 is 17.5 Å². The Morgan fingerprint density at radius 1 is 0.920 bits per heavy atom. The molecule has 262 valence electrons. The van der Waals surface area contributed by atoms with Crippen LogP contribution in [0.2, 0.25) is 0 Å². The molecule has 2 bridgehead atoms. The summed E-state index contributed by atoms with van der Waals surface area (Å²) in [5, 5.41) is 10.9. The summed E-state index contributed by atoms with van der Waals surface area (Å²) >= 11 is 0. The van der Waals surface area contributed by atoms with Crippen LogP contribution in [-0.2, 0) is 19.1 Å². The highest BCUT2D eigenvalue weighted by molar-refractivity contribution is 6.07. The van der Waals surface area contributed by atoms with Crippen molar-refractivity contribution in [3.8, 4) is 16.9 Å². The largest absolute Gasteiger partial charge is 0.508 e. The zero-order chi connectivity index (χ0) is 34.6. The molecule has 2 aliphatic heterocycles. The number of cyclic esters (lactones) is 2. The Morgan fingerprint density at radius 3 is 2.48 bits per heavy atom. The molecule has 5 aliphatic carbocycles. The molecule has 2 aromatic carbocycles. The molecule has 0 aromatic heterocycles. The van der Waals surface area contributed by atoms with Gasteiger partial charge >= 0.3 is 11.9 Å². The van der Waals surface area contributed by atoms with Gasteiger partial charge in [0.1, 0.15) is 17.3 Å². The van der Waals surface area contributed by atoms with E-state index in [1.165, 1.54) is 25.7 Å². The number of hydrogen-bond donors (Lipinski definition) is 1. The number of benzene rings is 2. The van der Waals surface area contributed by atoms with Gasteiger partial charge in [-0.3, -0.25) is 0 Å². The fourth-order valence-electron chi connectivity index (χ4n) is 10.8. The van der Waals surface area contributed by atoms with Crippen LogP contribution in [0.5, 0.6) is 5.75 Å². The van der Waals surface area contributed by atoms with Crippen molar-refractivity contribution < 1.29 is 24.2 Å². The highest BCUT2D eigenvalue weighted by atomic mass is 16.5. The monoisotopic (exact) mass is 672 g/mol. The van der Waals surface area contributed by atoms with Gasteiger partial charge in [-0.25, -0.2) is 9.59 Å². The maximum atomic E-state index is 14.5. The normalized spacial score (nSPS) is 29.6. The van der Waals surface area contributed by atoms with Gasteiger partial charge in [0.25, 0.3) is 0 Å². The number of esters is 2. The highest BCUT2D eigenvalue weighted by Crippen LogP contribution is 2.72. The minimum absolute atomic E-state index is 0.0631. The smallest absolute Gasteiger partial charge is 0.340 e. The summed E-state index contributed by atoms with van der Waals surface area (Å²) in [5.41, 5.74) is 5.81. The molecule has 50 heavy (non-hydrogen) atoms. The van der Waals surface area contributed by atoms with Crippen molar-refractivity contribution in [3.05, 3.63) is 94.5 Å². The number of ether oxygens (including phenoxy) is 2. The first kappa shape index (κ1) is 33.3. The lowest BCUT2D eigenvalue weighted by atomic mass is 9.44. The molecular weight excluding hydrogens is 620 g/mol. The van der Waals surface area contributed by atoms with Crippen LogP contribution in [0.4, 0.5) is 0 Å². The quantitative estimate of drug-likeness (QED) is 0.254. The molecule has 0 radical (unpaired) electrons. The Balaban J connectivity index is 1.30. The van der Waals surface area contributed by atoms with Crippen molar-refractivity contribution in [2.45, 2.75) is 104 Å². The number of carbonyl (C=O) groups excluding carboxylic acids is 2. The minimum atomic E-state index is -0.740. The van der Waals surface area contributed by atoms with E-state index in [1.807, 2.05) is 30.3 Å². The van der Waals surface area contributed by atoms with Gasteiger partial charge in [-0.2, -0.15) is 0 Å². The summed E-state index contributed by atoms with van der Waals surface area (Å²) in [5.74, 6) is 2.87. The molecule has 5 atom stereocenters. The number of phenolic OH excluding ortho intramolecular Hbond substituents is 1. The molecule has 7 aliphatic rings. The van der Waals surface area contributed by atoms with E-state index in [0.717, 1.165) is 109 Å². The molecule has 2 aromatic rings. The molecule has 5 nitrogen and oxygen atoms in total. The summed E-state index contributed by atoms with van der Waals surface area (Å²) in [6.45, 7) is 6.74. The number of phenols is 1. The fraction of sp³-hybridized carbons (Fsp3) is 0.511. The summed E-state index contributed by atoms with van der Waals surface area (Å²) < 4.78 is 12.7. The Hall–Kier alpha value is -3.86. The molecule has 1 spiro atoms. The van der Waals surface area contributed by atoms with Crippen molar-refractivity contribution in [2.24, 2.45) is 40.9 Å². The lowest BCUT2D eigenvalue weighted by molar-refractivity contribution is -0.135. The van der Waals surface area contributed by atoms with Gasteiger partial charge in [-0.1, -0.05) is 89.3 Å². The number of hydrogen-bond acceptors (Lipinski definition) is 5. The van der Waals surface area contributed by atoms with E-state index < -0.39 is 5.41 Å². The number of allylic oxidation sites excluding steroid dienone is 5. The SMILES string of the molecule is CCC(C=C1OC(=O)C2=C(c3cc(O)ccc3-c3ccccc3)C3CCC12C1C2=C(CCC31)C(=CCCC1CCCC1)OC2=O)CCC(C)C. The van der Waals surface area contributed by atoms with Gasteiger partial charge in [0.2, 0.25) is 0 Å². The van der Waals surface area contributed by atoms with Crippen LogP contribution in [0.25, 0.3) is 16.7 Å². The number of fused-ring (bicyclic) bond motifs is 1. The van der Waals surface area contributed by atoms with Gasteiger partial charge in [0.05, 0.1) is 11.0 Å². The topological polar surface area (TPSA) is 72.8 Å². The number of aromatic hydroxyl groups is 1. The summed E-state index contributed by atoms with van der Waals surface area (Å²) in [7, 11) is 0. The van der Waals surface area contributed by atoms with Gasteiger partial charge in [0, 0.05) is 17.1 Å².